The van der Waals surface area contributed by atoms with Gasteiger partial charge in [-0.3, -0.25) is 14.4 Å². The van der Waals surface area contributed by atoms with Crippen LogP contribution in [0.25, 0.3) is 0 Å². The molecule has 3 amide bonds. The molecule has 0 bridgehead atoms. The third kappa shape index (κ3) is 7.79. The van der Waals surface area contributed by atoms with Crippen molar-refractivity contribution >= 4 is 29.4 Å². The van der Waals surface area contributed by atoms with E-state index in [4.69, 9.17) is 5.11 Å². The van der Waals surface area contributed by atoms with Crippen molar-refractivity contribution in [2.45, 2.75) is 57.4 Å². The molecule has 4 rings (SSSR count). The maximum atomic E-state index is 13.1. The highest BCUT2D eigenvalue weighted by Gasteiger charge is 2.20. The van der Waals surface area contributed by atoms with E-state index in [0.29, 0.717) is 22.7 Å². The molecule has 1 aliphatic carbocycles. The van der Waals surface area contributed by atoms with Crippen molar-refractivity contribution in [3.05, 3.63) is 101 Å². The number of carboxylic acid groups (broad SMARTS) is 1. The fourth-order valence-corrected chi connectivity index (χ4v) is 5.08. The van der Waals surface area contributed by atoms with Gasteiger partial charge in [0.05, 0.1) is 12.5 Å². The summed E-state index contributed by atoms with van der Waals surface area (Å²) in [6.07, 6.45) is 6.02. The Labute approximate surface area is 234 Å². The van der Waals surface area contributed by atoms with Crippen LogP contribution >= 0.6 is 0 Å². The van der Waals surface area contributed by atoms with Crippen LogP contribution in [0.5, 0.6) is 0 Å². The number of anilines is 1. The van der Waals surface area contributed by atoms with Crippen molar-refractivity contribution in [1.29, 1.82) is 0 Å². The van der Waals surface area contributed by atoms with Gasteiger partial charge in [-0.2, -0.15) is 0 Å². The van der Waals surface area contributed by atoms with E-state index in [-0.39, 0.29) is 24.7 Å². The zero-order valence-electron chi connectivity index (χ0n) is 22.6. The zero-order valence-corrected chi connectivity index (χ0v) is 22.6. The predicted molar refractivity (Wildman–Crippen MR) is 154 cm³/mol. The fraction of sp³-hybridized carbons (Fsp3) is 0.312. The van der Waals surface area contributed by atoms with E-state index in [1.54, 1.807) is 48.5 Å². The summed E-state index contributed by atoms with van der Waals surface area (Å²) in [4.78, 5) is 48.0. The number of rotatable bonds is 10. The lowest BCUT2D eigenvalue weighted by atomic mass is 9.83. The minimum absolute atomic E-state index is 0.0401. The lowest BCUT2D eigenvalue weighted by Crippen LogP contribution is -2.33. The van der Waals surface area contributed by atoms with E-state index in [9.17, 15) is 19.2 Å². The molecule has 1 unspecified atom stereocenters. The first-order chi connectivity index (χ1) is 19.3. The summed E-state index contributed by atoms with van der Waals surface area (Å²) in [7, 11) is 0. The second-order valence-electron chi connectivity index (χ2n) is 10.2. The first-order valence-electron chi connectivity index (χ1n) is 13.7. The van der Waals surface area contributed by atoms with Gasteiger partial charge in [-0.15, -0.1) is 0 Å². The number of ketones is 1. The van der Waals surface area contributed by atoms with Gasteiger partial charge in [0.25, 0.3) is 5.91 Å². The minimum Gasteiger partial charge on any atom is -0.481 e. The Morgan fingerprint density at radius 3 is 2.12 bits per heavy atom. The summed E-state index contributed by atoms with van der Waals surface area (Å²) >= 11 is 0. The summed E-state index contributed by atoms with van der Waals surface area (Å²) in [5, 5.41) is 17.2. The number of urea groups is 1. The van der Waals surface area contributed by atoms with Gasteiger partial charge >= 0.3 is 12.0 Å². The largest absolute Gasteiger partial charge is 0.481 e. The Bertz CT molecular complexity index is 1350. The molecule has 0 aromatic heterocycles. The third-order valence-corrected chi connectivity index (χ3v) is 7.28. The Kier molecular flexibility index (Phi) is 9.67. The molecule has 40 heavy (non-hydrogen) atoms. The first-order valence-corrected chi connectivity index (χ1v) is 13.7. The molecule has 4 N–H and O–H groups in total. The number of Topliss-reactive ketones (excluding diaryl/α,β-unsaturated/α-hetero) is 1. The van der Waals surface area contributed by atoms with Gasteiger partial charge in [0, 0.05) is 23.4 Å². The van der Waals surface area contributed by atoms with E-state index in [1.165, 1.54) is 44.6 Å². The SMILES string of the molecule is CC(=O)c1cccc(NC(=O)NC(c2ccc(C(=O)NCCC(=O)O)cc2)c2ccc(C3CCCCC3)cc2)c1. The summed E-state index contributed by atoms with van der Waals surface area (Å²) in [5.41, 5.74) is 4.38. The Hall–Kier alpha value is -4.46. The summed E-state index contributed by atoms with van der Waals surface area (Å²) < 4.78 is 0. The fourth-order valence-electron chi connectivity index (χ4n) is 5.08. The predicted octanol–water partition coefficient (Wildman–Crippen LogP) is 6.05. The Morgan fingerprint density at radius 2 is 1.50 bits per heavy atom. The van der Waals surface area contributed by atoms with Gasteiger partial charge in [0.1, 0.15) is 0 Å². The van der Waals surface area contributed by atoms with Crippen molar-refractivity contribution in [2.75, 3.05) is 11.9 Å². The highest BCUT2D eigenvalue weighted by molar-refractivity contribution is 5.97. The minimum atomic E-state index is -0.981. The molecule has 1 fully saturated rings. The van der Waals surface area contributed by atoms with E-state index in [0.717, 1.165) is 11.1 Å². The molecule has 8 heteroatoms. The summed E-state index contributed by atoms with van der Waals surface area (Å²) in [6.45, 7) is 1.51. The van der Waals surface area contributed by atoms with Crippen LogP contribution in [-0.2, 0) is 4.79 Å². The number of aliphatic carboxylic acids is 1. The number of carbonyl (C=O) groups is 4. The van der Waals surface area contributed by atoms with Crippen LogP contribution in [0, 0.1) is 0 Å². The molecular formula is C32H35N3O5. The van der Waals surface area contributed by atoms with Crippen LogP contribution in [-0.4, -0.2) is 35.3 Å². The normalized spacial score (nSPS) is 14.1. The monoisotopic (exact) mass is 541 g/mol. The quantitative estimate of drug-likeness (QED) is 0.233. The molecule has 0 heterocycles. The van der Waals surface area contributed by atoms with Gasteiger partial charge in [-0.25, -0.2) is 4.79 Å². The number of benzene rings is 3. The first kappa shape index (κ1) is 28.5. The topological polar surface area (TPSA) is 125 Å². The van der Waals surface area contributed by atoms with Crippen molar-refractivity contribution in [2.24, 2.45) is 0 Å². The van der Waals surface area contributed by atoms with Crippen LogP contribution in [0.3, 0.4) is 0 Å². The van der Waals surface area contributed by atoms with Crippen molar-refractivity contribution in [3.63, 3.8) is 0 Å². The number of carbonyl (C=O) groups excluding carboxylic acids is 3. The molecule has 3 aromatic carbocycles. The molecule has 1 aliphatic rings. The molecule has 0 aliphatic heterocycles. The molecular weight excluding hydrogens is 506 g/mol. The number of hydrogen-bond acceptors (Lipinski definition) is 4. The average Bonchev–Trinajstić information content (AvgIpc) is 2.96. The van der Waals surface area contributed by atoms with Crippen LogP contribution < -0.4 is 16.0 Å². The van der Waals surface area contributed by atoms with Crippen LogP contribution in [0.15, 0.2) is 72.8 Å². The van der Waals surface area contributed by atoms with Crippen molar-refractivity contribution in [1.82, 2.24) is 10.6 Å². The van der Waals surface area contributed by atoms with E-state index >= 15 is 0 Å². The lowest BCUT2D eigenvalue weighted by Gasteiger charge is -2.24. The third-order valence-electron chi connectivity index (χ3n) is 7.28. The summed E-state index contributed by atoms with van der Waals surface area (Å²) in [5.74, 6) is -0.875. The van der Waals surface area contributed by atoms with E-state index < -0.39 is 18.0 Å². The number of amides is 3. The average molecular weight is 542 g/mol. The molecule has 208 valence electrons. The van der Waals surface area contributed by atoms with E-state index in [2.05, 4.69) is 28.1 Å². The molecule has 0 radical (unpaired) electrons. The van der Waals surface area contributed by atoms with Gasteiger partial charge in [0.2, 0.25) is 0 Å². The Morgan fingerprint density at radius 1 is 0.850 bits per heavy atom. The highest BCUT2D eigenvalue weighted by Crippen LogP contribution is 2.33. The van der Waals surface area contributed by atoms with Gasteiger partial charge in [0.15, 0.2) is 5.78 Å². The maximum Gasteiger partial charge on any atom is 0.319 e. The molecule has 0 saturated heterocycles. The lowest BCUT2D eigenvalue weighted by molar-refractivity contribution is -0.136. The standard InChI is InChI=1S/C32H35N3O5/c1-21(36)27-8-5-9-28(20-27)34-32(40)35-30(24-12-10-23(11-13-24)22-6-3-2-4-7-22)25-14-16-26(17-15-25)31(39)33-19-18-29(37)38/h5,8-17,20,22,30H,2-4,6-7,18-19H2,1H3,(H,33,39)(H,37,38)(H2,34,35,40). The molecule has 0 spiro atoms. The van der Waals surface area contributed by atoms with Crippen molar-refractivity contribution in [3.8, 4) is 0 Å². The smallest absolute Gasteiger partial charge is 0.319 e. The van der Waals surface area contributed by atoms with Gasteiger partial charge in [-0.05, 0) is 66.6 Å². The second kappa shape index (κ2) is 13.6. The van der Waals surface area contributed by atoms with Crippen molar-refractivity contribution < 1.29 is 24.3 Å². The molecule has 3 aromatic rings. The molecule has 8 nitrogen and oxygen atoms in total. The maximum absolute atomic E-state index is 13.1. The number of nitrogens with one attached hydrogen (secondary N) is 3. The van der Waals surface area contributed by atoms with E-state index in [1.807, 2.05) is 12.1 Å². The summed E-state index contributed by atoms with van der Waals surface area (Å²) in [6, 6.07) is 21.1. The zero-order chi connectivity index (χ0) is 28.5. The highest BCUT2D eigenvalue weighted by atomic mass is 16.4. The molecule has 1 atom stereocenters. The number of carboxylic acids is 1. The number of hydrogen-bond donors (Lipinski definition) is 4. The second-order valence-corrected chi connectivity index (χ2v) is 10.2. The van der Waals surface area contributed by atoms with Gasteiger partial charge < -0.3 is 21.1 Å². The van der Waals surface area contributed by atoms with Crippen LogP contribution in [0.2, 0.25) is 0 Å². The van der Waals surface area contributed by atoms with Crippen LogP contribution in [0.4, 0.5) is 10.5 Å². The van der Waals surface area contributed by atoms with Gasteiger partial charge in [-0.1, -0.05) is 67.8 Å². The molecule has 1 saturated carbocycles. The Balaban J connectivity index is 1.54. The van der Waals surface area contributed by atoms with Crippen LogP contribution in [0.1, 0.15) is 94.8 Å².